The highest BCUT2D eigenvalue weighted by molar-refractivity contribution is 7.99. The summed E-state index contributed by atoms with van der Waals surface area (Å²) in [6.45, 7) is 7.06. The summed E-state index contributed by atoms with van der Waals surface area (Å²) >= 11 is 1.73. The maximum Gasteiger partial charge on any atom is 0.253 e. The molecule has 0 atom stereocenters. The quantitative estimate of drug-likeness (QED) is 0.244. The van der Waals surface area contributed by atoms with Crippen LogP contribution in [0, 0.1) is 0 Å². The van der Waals surface area contributed by atoms with Gasteiger partial charge in [-0.15, -0.1) is 11.8 Å². The van der Waals surface area contributed by atoms with Crippen molar-refractivity contribution in [2.45, 2.75) is 31.2 Å². The lowest BCUT2D eigenvalue weighted by molar-refractivity contribution is -0.123. The van der Waals surface area contributed by atoms with Gasteiger partial charge in [0.15, 0.2) is 0 Å². The number of nitrogens with one attached hydrogen (secondary N) is 2. The minimum absolute atomic E-state index is 0.00549. The van der Waals surface area contributed by atoms with Gasteiger partial charge in [0.25, 0.3) is 5.91 Å². The van der Waals surface area contributed by atoms with Gasteiger partial charge < -0.3 is 20.6 Å². The van der Waals surface area contributed by atoms with Gasteiger partial charge in [0.2, 0.25) is 5.91 Å². The molecule has 2 amide bonds. The molecule has 0 aliphatic carbocycles. The monoisotopic (exact) mass is 547 g/mol. The molecule has 3 N–H and O–H groups in total. The summed E-state index contributed by atoms with van der Waals surface area (Å²) in [6.07, 6.45) is 0.785. The predicted molar refractivity (Wildman–Crippen MR) is 157 cm³/mol. The topological polar surface area (TPSA) is 97.8 Å². The van der Waals surface area contributed by atoms with E-state index in [1.54, 1.807) is 11.8 Å². The van der Waals surface area contributed by atoms with E-state index in [9.17, 15) is 9.59 Å². The zero-order valence-electron chi connectivity index (χ0n) is 22.6. The molecule has 0 saturated carbocycles. The Morgan fingerprint density at radius 1 is 0.974 bits per heavy atom. The summed E-state index contributed by atoms with van der Waals surface area (Å²) in [7, 11) is 0. The first kappa shape index (κ1) is 28.6. The van der Waals surface area contributed by atoms with Gasteiger partial charge in [0.05, 0.1) is 12.2 Å². The van der Waals surface area contributed by atoms with Crippen molar-refractivity contribution >= 4 is 35.1 Å². The molecular weight excluding hydrogens is 510 g/mol. The van der Waals surface area contributed by atoms with E-state index in [2.05, 4.69) is 39.8 Å². The molecular formula is C30H37N5O3S. The smallest absolute Gasteiger partial charge is 0.253 e. The first-order valence-corrected chi connectivity index (χ1v) is 14.4. The number of carbonyl (C=O) groups is 2. The summed E-state index contributed by atoms with van der Waals surface area (Å²) in [5.41, 5.74) is 3.41. The molecule has 1 aromatic heterocycles. The van der Waals surface area contributed by atoms with Gasteiger partial charge in [0.1, 0.15) is 5.82 Å². The zero-order chi connectivity index (χ0) is 27.6. The SMILES string of the molecule is CC(C)NC(=O)CN1CCN(C(=O)c2ccc(Nc3cccc(-c4ccc(SCCCO)cc4)n3)cc2)CC1. The third-order valence-electron chi connectivity index (χ3n) is 6.35. The van der Waals surface area contributed by atoms with Crippen molar-refractivity contribution in [3.05, 3.63) is 72.3 Å². The lowest BCUT2D eigenvalue weighted by atomic mass is 10.1. The maximum atomic E-state index is 13.0. The molecule has 0 bridgehead atoms. The van der Waals surface area contributed by atoms with E-state index in [1.165, 1.54) is 4.90 Å². The summed E-state index contributed by atoms with van der Waals surface area (Å²) in [6, 6.07) is 21.8. The molecule has 8 nitrogen and oxygen atoms in total. The number of hydrogen-bond acceptors (Lipinski definition) is 7. The summed E-state index contributed by atoms with van der Waals surface area (Å²) in [5, 5.41) is 15.2. The molecule has 4 rings (SSSR count). The number of amides is 2. The fourth-order valence-corrected chi connectivity index (χ4v) is 5.19. The van der Waals surface area contributed by atoms with Gasteiger partial charge in [0, 0.05) is 66.3 Å². The van der Waals surface area contributed by atoms with Crippen LogP contribution in [0.2, 0.25) is 0 Å². The molecule has 1 aliphatic heterocycles. The number of anilines is 2. The lowest BCUT2D eigenvalue weighted by Crippen LogP contribution is -2.51. The largest absolute Gasteiger partial charge is 0.396 e. The van der Waals surface area contributed by atoms with E-state index in [0.717, 1.165) is 34.9 Å². The number of nitrogens with zero attached hydrogens (tertiary/aromatic N) is 3. The van der Waals surface area contributed by atoms with Crippen molar-refractivity contribution in [2.75, 3.05) is 50.4 Å². The van der Waals surface area contributed by atoms with Crippen molar-refractivity contribution in [3.8, 4) is 11.3 Å². The molecule has 0 radical (unpaired) electrons. The van der Waals surface area contributed by atoms with Crippen LogP contribution in [-0.2, 0) is 4.79 Å². The van der Waals surface area contributed by atoms with E-state index in [4.69, 9.17) is 10.1 Å². The molecule has 0 spiro atoms. The Balaban J connectivity index is 1.30. The van der Waals surface area contributed by atoms with Crippen LogP contribution >= 0.6 is 11.8 Å². The summed E-state index contributed by atoms with van der Waals surface area (Å²) in [4.78, 5) is 34.9. The number of hydrogen-bond donors (Lipinski definition) is 3. The van der Waals surface area contributed by atoms with Gasteiger partial charge in [-0.2, -0.15) is 0 Å². The van der Waals surface area contributed by atoms with Crippen LogP contribution in [0.4, 0.5) is 11.5 Å². The van der Waals surface area contributed by atoms with Crippen molar-refractivity contribution in [1.29, 1.82) is 0 Å². The van der Waals surface area contributed by atoms with Crippen molar-refractivity contribution in [3.63, 3.8) is 0 Å². The molecule has 1 aliphatic rings. The Labute approximate surface area is 234 Å². The van der Waals surface area contributed by atoms with Crippen molar-refractivity contribution in [2.24, 2.45) is 0 Å². The highest BCUT2D eigenvalue weighted by Crippen LogP contribution is 2.25. The number of thioether (sulfide) groups is 1. The zero-order valence-corrected chi connectivity index (χ0v) is 23.4. The second kappa shape index (κ2) is 14.1. The van der Waals surface area contributed by atoms with Crippen LogP contribution < -0.4 is 10.6 Å². The van der Waals surface area contributed by atoms with E-state index < -0.39 is 0 Å². The minimum Gasteiger partial charge on any atom is -0.396 e. The second-order valence-electron chi connectivity index (χ2n) is 9.85. The molecule has 2 heterocycles. The Kier molecular flexibility index (Phi) is 10.4. The molecule has 1 fully saturated rings. The number of rotatable bonds is 11. The third-order valence-corrected chi connectivity index (χ3v) is 7.45. The molecule has 9 heteroatoms. The Bertz CT molecular complexity index is 1230. The highest BCUT2D eigenvalue weighted by atomic mass is 32.2. The van der Waals surface area contributed by atoms with Crippen LogP contribution in [0.1, 0.15) is 30.6 Å². The van der Waals surface area contributed by atoms with Gasteiger partial charge in [-0.25, -0.2) is 4.98 Å². The predicted octanol–water partition coefficient (Wildman–Crippen LogP) is 4.25. The molecule has 2 aromatic carbocycles. The van der Waals surface area contributed by atoms with Gasteiger partial charge >= 0.3 is 0 Å². The summed E-state index contributed by atoms with van der Waals surface area (Å²) < 4.78 is 0. The number of aliphatic hydroxyl groups is 1. The van der Waals surface area contributed by atoms with Crippen LogP contribution in [0.25, 0.3) is 11.3 Å². The fourth-order valence-electron chi connectivity index (χ4n) is 4.35. The maximum absolute atomic E-state index is 13.0. The lowest BCUT2D eigenvalue weighted by Gasteiger charge is -2.34. The number of aliphatic hydroxyl groups excluding tert-OH is 1. The van der Waals surface area contributed by atoms with E-state index in [-0.39, 0.29) is 24.5 Å². The van der Waals surface area contributed by atoms with E-state index >= 15 is 0 Å². The number of carbonyl (C=O) groups excluding carboxylic acids is 2. The van der Waals surface area contributed by atoms with Crippen LogP contribution in [0.5, 0.6) is 0 Å². The first-order valence-electron chi connectivity index (χ1n) is 13.4. The highest BCUT2D eigenvalue weighted by Gasteiger charge is 2.23. The van der Waals surface area contributed by atoms with Gasteiger partial charge in [-0.05, 0) is 68.8 Å². The molecule has 0 unspecified atom stereocenters. The number of pyridine rings is 1. The van der Waals surface area contributed by atoms with Crippen LogP contribution in [0.15, 0.2) is 71.6 Å². The fraction of sp³-hybridized carbons (Fsp3) is 0.367. The number of aromatic nitrogens is 1. The first-order chi connectivity index (χ1) is 18.9. The van der Waals surface area contributed by atoms with Gasteiger partial charge in [-0.1, -0.05) is 18.2 Å². The van der Waals surface area contributed by atoms with Crippen LogP contribution in [0.3, 0.4) is 0 Å². The number of piperazine rings is 1. The Morgan fingerprint density at radius 2 is 1.69 bits per heavy atom. The van der Waals surface area contributed by atoms with E-state index in [0.29, 0.717) is 38.3 Å². The average Bonchev–Trinajstić information content (AvgIpc) is 2.94. The Morgan fingerprint density at radius 3 is 2.36 bits per heavy atom. The van der Waals surface area contributed by atoms with Crippen molar-refractivity contribution in [1.82, 2.24) is 20.1 Å². The van der Waals surface area contributed by atoms with Crippen molar-refractivity contribution < 1.29 is 14.7 Å². The third kappa shape index (κ3) is 8.54. The number of benzene rings is 2. The standard InChI is InChI=1S/C30H37N5O3S/c1-22(2)31-29(37)21-34-15-17-35(18-16-34)30(38)24-7-11-25(12-8-24)32-28-6-3-5-27(33-28)23-9-13-26(14-10-23)39-20-4-19-36/h3,5-14,22,36H,4,15-21H2,1-2H3,(H,31,37)(H,32,33). The molecule has 39 heavy (non-hydrogen) atoms. The van der Waals surface area contributed by atoms with E-state index in [1.807, 2.05) is 61.2 Å². The molecule has 206 valence electrons. The molecule has 1 saturated heterocycles. The summed E-state index contributed by atoms with van der Waals surface area (Å²) in [5.74, 6) is 1.65. The van der Waals surface area contributed by atoms with Crippen LogP contribution in [-0.4, -0.2) is 82.8 Å². The average molecular weight is 548 g/mol. The van der Waals surface area contributed by atoms with Gasteiger partial charge in [-0.3, -0.25) is 14.5 Å². The second-order valence-corrected chi connectivity index (χ2v) is 11.0. The molecule has 3 aromatic rings. The minimum atomic E-state index is 0.00549. The Hall–Kier alpha value is -3.40. The normalized spacial score (nSPS) is 13.9.